The predicted molar refractivity (Wildman–Crippen MR) is 93.2 cm³/mol. The first-order valence-electron chi connectivity index (χ1n) is 7.59. The highest BCUT2D eigenvalue weighted by Crippen LogP contribution is 2.27. The molecule has 0 aliphatic heterocycles. The van der Waals surface area contributed by atoms with Crippen LogP contribution in [0.25, 0.3) is 0 Å². The van der Waals surface area contributed by atoms with Gasteiger partial charge in [-0.3, -0.25) is 4.79 Å². The number of methoxy groups -OCH3 is 2. The Morgan fingerprint density at radius 2 is 1.80 bits per heavy atom. The van der Waals surface area contributed by atoms with Gasteiger partial charge in [0, 0.05) is 6.54 Å². The second kappa shape index (κ2) is 9.13. The average molecular weight is 368 g/mol. The Hall–Kier alpha value is -2.47. The zero-order valence-corrected chi connectivity index (χ0v) is 14.7. The highest BCUT2D eigenvalue weighted by atomic mass is 35.5. The van der Waals surface area contributed by atoms with E-state index in [4.69, 9.17) is 25.8 Å². The fourth-order valence-corrected chi connectivity index (χ4v) is 2.39. The summed E-state index contributed by atoms with van der Waals surface area (Å²) < 4.78 is 28.6. The van der Waals surface area contributed by atoms with E-state index >= 15 is 0 Å². The van der Waals surface area contributed by atoms with Crippen LogP contribution in [0.2, 0.25) is 5.02 Å². The van der Waals surface area contributed by atoms with Crippen LogP contribution in [-0.2, 0) is 11.2 Å². The molecule has 0 spiro atoms. The van der Waals surface area contributed by atoms with Crippen LogP contribution >= 0.6 is 11.6 Å². The van der Waals surface area contributed by atoms with Crippen molar-refractivity contribution in [3.63, 3.8) is 0 Å². The van der Waals surface area contributed by atoms with Gasteiger partial charge < -0.3 is 19.5 Å². The molecule has 0 saturated carbocycles. The van der Waals surface area contributed by atoms with E-state index in [1.165, 1.54) is 12.1 Å². The van der Waals surface area contributed by atoms with Gasteiger partial charge >= 0.3 is 0 Å². The maximum Gasteiger partial charge on any atom is 0.257 e. The maximum atomic E-state index is 12.9. The lowest BCUT2D eigenvalue weighted by Gasteiger charge is -2.11. The van der Waals surface area contributed by atoms with E-state index in [0.29, 0.717) is 24.5 Å². The molecular formula is C18H19ClFNO4. The van der Waals surface area contributed by atoms with Gasteiger partial charge in [-0.1, -0.05) is 17.7 Å². The predicted octanol–water partition coefficient (Wildman–Crippen LogP) is 3.23. The molecule has 0 aromatic heterocycles. The number of carbonyl (C=O) groups is 1. The number of rotatable bonds is 8. The van der Waals surface area contributed by atoms with Crippen molar-refractivity contribution in [2.24, 2.45) is 0 Å². The molecule has 0 saturated heterocycles. The van der Waals surface area contributed by atoms with E-state index in [0.717, 1.165) is 11.6 Å². The van der Waals surface area contributed by atoms with Crippen molar-refractivity contribution in [2.45, 2.75) is 6.42 Å². The van der Waals surface area contributed by atoms with Crippen LogP contribution in [0.15, 0.2) is 36.4 Å². The molecule has 0 atom stereocenters. The van der Waals surface area contributed by atoms with E-state index in [2.05, 4.69) is 5.32 Å². The SMILES string of the molecule is COc1ccc(CCNC(=O)COc2ccc(F)cc2Cl)cc1OC. The summed E-state index contributed by atoms with van der Waals surface area (Å²) in [5.74, 6) is 0.802. The average Bonchev–Trinajstić information content (AvgIpc) is 2.60. The van der Waals surface area contributed by atoms with Gasteiger partial charge in [0.1, 0.15) is 11.6 Å². The number of amides is 1. The van der Waals surface area contributed by atoms with Crippen molar-refractivity contribution in [1.82, 2.24) is 5.32 Å². The molecule has 2 rings (SSSR count). The Labute approximate surface area is 150 Å². The van der Waals surface area contributed by atoms with E-state index in [9.17, 15) is 9.18 Å². The third kappa shape index (κ3) is 5.53. The minimum absolute atomic E-state index is 0.123. The Kier molecular flexibility index (Phi) is 6.89. The Morgan fingerprint density at radius 3 is 2.48 bits per heavy atom. The quantitative estimate of drug-likeness (QED) is 0.778. The molecule has 0 fully saturated rings. The second-order valence-corrected chi connectivity index (χ2v) is 5.56. The first-order chi connectivity index (χ1) is 12.0. The fourth-order valence-electron chi connectivity index (χ4n) is 2.17. The van der Waals surface area contributed by atoms with Crippen LogP contribution < -0.4 is 19.5 Å². The number of ether oxygens (including phenoxy) is 3. The van der Waals surface area contributed by atoms with Crippen molar-refractivity contribution in [3.05, 3.63) is 52.8 Å². The van der Waals surface area contributed by atoms with E-state index in [1.807, 2.05) is 18.2 Å². The first kappa shape index (κ1) is 18.9. The van der Waals surface area contributed by atoms with Gasteiger partial charge in [-0.05, 0) is 42.3 Å². The zero-order chi connectivity index (χ0) is 18.2. The van der Waals surface area contributed by atoms with E-state index in [-0.39, 0.29) is 23.3 Å². The van der Waals surface area contributed by atoms with Crippen molar-refractivity contribution in [3.8, 4) is 17.2 Å². The number of halogens is 2. The standard InChI is InChI=1S/C18H19ClFNO4/c1-23-16-5-3-12(9-17(16)24-2)7-8-21-18(22)11-25-15-6-4-13(20)10-14(15)19/h3-6,9-10H,7-8,11H2,1-2H3,(H,21,22). The van der Waals surface area contributed by atoms with Crippen molar-refractivity contribution >= 4 is 17.5 Å². The summed E-state index contributed by atoms with van der Waals surface area (Å²) in [7, 11) is 3.15. The molecule has 1 N–H and O–H groups in total. The number of nitrogens with one attached hydrogen (secondary N) is 1. The van der Waals surface area contributed by atoms with Crippen LogP contribution in [0, 0.1) is 5.82 Å². The summed E-state index contributed by atoms with van der Waals surface area (Å²) in [4.78, 5) is 11.8. The first-order valence-corrected chi connectivity index (χ1v) is 7.96. The van der Waals surface area contributed by atoms with Crippen LogP contribution in [0.5, 0.6) is 17.2 Å². The topological polar surface area (TPSA) is 56.8 Å². The van der Waals surface area contributed by atoms with E-state index < -0.39 is 5.82 Å². The maximum absolute atomic E-state index is 12.9. The van der Waals surface area contributed by atoms with Gasteiger partial charge in [0.2, 0.25) is 0 Å². The number of hydrogen-bond donors (Lipinski definition) is 1. The van der Waals surface area contributed by atoms with Crippen molar-refractivity contribution < 1.29 is 23.4 Å². The van der Waals surface area contributed by atoms with Gasteiger partial charge in [-0.2, -0.15) is 0 Å². The molecule has 0 aliphatic carbocycles. The van der Waals surface area contributed by atoms with Gasteiger partial charge in [-0.15, -0.1) is 0 Å². The van der Waals surface area contributed by atoms with Gasteiger partial charge in [-0.25, -0.2) is 4.39 Å². The lowest BCUT2D eigenvalue weighted by molar-refractivity contribution is -0.123. The number of hydrogen-bond acceptors (Lipinski definition) is 4. The molecule has 2 aromatic rings. The number of carbonyl (C=O) groups excluding carboxylic acids is 1. The van der Waals surface area contributed by atoms with Crippen molar-refractivity contribution in [1.29, 1.82) is 0 Å². The monoisotopic (exact) mass is 367 g/mol. The van der Waals surface area contributed by atoms with Gasteiger partial charge in [0.05, 0.1) is 19.2 Å². The van der Waals surface area contributed by atoms with Gasteiger partial charge in [0.25, 0.3) is 5.91 Å². The summed E-state index contributed by atoms with van der Waals surface area (Å²) in [6.45, 7) is 0.242. The minimum atomic E-state index is -0.461. The molecule has 0 heterocycles. The van der Waals surface area contributed by atoms with E-state index in [1.54, 1.807) is 14.2 Å². The molecule has 7 heteroatoms. The summed E-state index contributed by atoms with van der Waals surface area (Å²) in [5, 5.41) is 2.87. The molecule has 0 aliphatic rings. The molecule has 0 radical (unpaired) electrons. The summed E-state index contributed by atoms with van der Waals surface area (Å²) in [6.07, 6.45) is 0.628. The van der Waals surface area contributed by atoms with Crippen LogP contribution in [-0.4, -0.2) is 33.3 Å². The zero-order valence-electron chi connectivity index (χ0n) is 14.0. The molecule has 2 aromatic carbocycles. The third-order valence-electron chi connectivity index (χ3n) is 3.44. The second-order valence-electron chi connectivity index (χ2n) is 5.15. The molecule has 5 nitrogen and oxygen atoms in total. The lowest BCUT2D eigenvalue weighted by Crippen LogP contribution is -2.30. The normalized spacial score (nSPS) is 10.2. The summed E-state index contributed by atoms with van der Waals surface area (Å²) in [5.41, 5.74) is 1.00. The van der Waals surface area contributed by atoms with Crippen LogP contribution in [0.1, 0.15) is 5.56 Å². The molecule has 0 unspecified atom stereocenters. The third-order valence-corrected chi connectivity index (χ3v) is 3.73. The Morgan fingerprint density at radius 1 is 1.08 bits per heavy atom. The molecule has 1 amide bonds. The largest absolute Gasteiger partial charge is 0.493 e. The summed E-state index contributed by atoms with van der Waals surface area (Å²) in [6, 6.07) is 9.31. The fraction of sp³-hybridized carbons (Fsp3) is 0.278. The highest BCUT2D eigenvalue weighted by Gasteiger charge is 2.08. The molecule has 0 bridgehead atoms. The van der Waals surface area contributed by atoms with Gasteiger partial charge in [0.15, 0.2) is 18.1 Å². The summed E-state index contributed by atoms with van der Waals surface area (Å²) >= 11 is 5.83. The highest BCUT2D eigenvalue weighted by molar-refractivity contribution is 6.32. The molecule has 25 heavy (non-hydrogen) atoms. The molecular weight excluding hydrogens is 349 g/mol. The number of benzene rings is 2. The minimum Gasteiger partial charge on any atom is -0.493 e. The Balaban J connectivity index is 1.78. The smallest absolute Gasteiger partial charge is 0.257 e. The Bertz CT molecular complexity index is 739. The van der Waals surface area contributed by atoms with Crippen LogP contribution in [0.3, 0.4) is 0 Å². The van der Waals surface area contributed by atoms with Crippen molar-refractivity contribution in [2.75, 3.05) is 27.4 Å². The molecule has 134 valence electrons. The van der Waals surface area contributed by atoms with Crippen LogP contribution in [0.4, 0.5) is 4.39 Å². The lowest BCUT2D eigenvalue weighted by atomic mass is 10.1.